The number of ether oxygens (including phenoxy) is 1. The summed E-state index contributed by atoms with van der Waals surface area (Å²) in [5.74, 6) is 5.02. The molecule has 3 N–H and O–H groups in total. The van der Waals surface area contributed by atoms with Crippen LogP contribution in [0.4, 0.5) is 0 Å². The van der Waals surface area contributed by atoms with Crippen LogP contribution in [0.25, 0.3) is 0 Å². The minimum absolute atomic E-state index is 0.0676. The van der Waals surface area contributed by atoms with Gasteiger partial charge in [0.05, 0.1) is 12.0 Å². The van der Waals surface area contributed by atoms with Gasteiger partial charge in [-0.2, -0.15) is 0 Å². The fourth-order valence-electron chi connectivity index (χ4n) is 2.96. The smallest absolute Gasteiger partial charge is 0.238 e. The number of piperidine rings is 1. The van der Waals surface area contributed by atoms with Gasteiger partial charge in [0.25, 0.3) is 0 Å². The van der Waals surface area contributed by atoms with Gasteiger partial charge in [0, 0.05) is 20.2 Å². The summed E-state index contributed by atoms with van der Waals surface area (Å²) >= 11 is 0. The van der Waals surface area contributed by atoms with Crippen molar-refractivity contribution in [3.63, 3.8) is 0 Å². The van der Waals surface area contributed by atoms with E-state index in [1.54, 1.807) is 7.11 Å². The number of carbonyl (C=O) groups is 1. The van der Waals surface area contributed by atoms with E-state index < -0.39 is 0 Å². The normalized spacial score (nSPS) is 23.0. The molecule has 1 aliphatic rings. The first kappa shape index (κ1) is 15.9. The van der Waals surface area contributed by atoms with Crippen molar-refractivity contribution in [1.29, 1.82) is 0 Å². The molecule has 1 unspecified atom stereocenters. The summed E-state index contributed by atoms with van der Waals surface area (Å²) in [6.07, 6.45) is 2.55. The number of hydrogen-bond acceptors (Lipinski definition) is 4. The molecule has 1 aromatic carbocycles. The Morgan fingerprint density at radius 3 is 2.81 bits per heavy atom. The molecular formula is C16H25N3O2. The van der Waals surface area contributed by atoms with Crippen LogP contribution < -0.4 is 11.3 Å². The fraction of sp³-hybridized carbons (Fsp3) is 0.562. The second kappa shape index (κ2) is 7.02. The summed E-state index contributed by atoms with van der Waals surface area (Å²) in [7, 11) is 1.78. The number of hydrogen-bond donors (Lipinski definition) is 2. The van der Waals surface area contributed by atoms with Crippen LogP contribution in [-0.4, -0.2) is 36.6 Å². The summed E-state index contributed by atoms with van der Waals surface area (Å²) in [5, 5.41) is 0. The van der Waals surface area contributed by atoms with E-state index in [4.69, 9.17) is 10.6 Å². The van der Waals surface area contributed by atoms with Crippen LogP contribution >= 0.6 is 0 Å². The molecule has 1 amide bonds. The molecule has 0 radical (unpaired) electrons. The molecule has 2 rings (SSSR count). The Balaban J connectivity index is 2.07. The molecule has 1 fully saturated rings. The van der Waals surface area contributed by atoms with Crippen molar-refractivity contribution in [3.05, 3.63) is 35.4 Å². The Hall–Kier alpha value is -1.43. The van der Waals surface area contributed by atoms with E-state index in [-0.39, 0.29) is 11.5 Å². The topological polar surface area (TPSA) is 67.6 Å². The first-order valence-corrected chi connectivity index (χ1v) is 7.40. The van der Waals surface area contributed by atoms with Crippen molar-refractivity contribution in [2.75, 3.05) is 20.2 Å². The number of nitrogens with two attached hydrogens (primary N) is 1. The Morgan fingerprint density at radius 1 is 1.43 bits per heavy atom. The van der Waals surface area contributed by atoms with Crippen LogP contribution in [0.5, 0.6) is 0 Å². The highest BCUT2D eigenvalue weighted by Gasteiger charge is 2.30. The third-order valence-electron chi connectivity index (χ3n) is 4.26. The van der Waals surface area contributed by atoms with Crippen LogP contribution in [0.3, 0.4) is 0 Å². The van der Waals surface area contributed by atoms with Crippen molar-refractivity contribution >= 4 is 5.91 Å². The maximum Gasteiger partial charge on any atom is 0.238 e. The molecule has 0 saturated carbocycles. The molecule has 0 bridgehead atoms. The molecule has 1 heterocycles. The average Bonchev–Trinajstić information content (AvgIpc) is 2.49. The lowest BCUT2D eigenvalue weighted by atomic mass is 9.94. The van der Waals surface area contributed by atoms with Crippen LogP contribution in [0.2, 0.25) is 0 Å². The van der Waals surface area contributed by atoms with Gasteiger partial charge in [-0.3, -0.25) is 15.1 Å². The molecule has 1 saturated heterocycles. The number of rotatable bonds is 5. The first-order valence-electron chi connectivity index (χ1n) is 7.40. The van der Waals surface area contributed by atoms with Gasteiger partial charge in [0.1, 0.15) is 0 Å². The third-order valence-corrected chi connectivity index (χ3v) is 4.26. The van der Waals surface area contributed by atoms with Crippen molar-refractivity contribution in [1.82, 2.24) is 10.3 Å². The fourth-order valence-corrected chi connectivity index (χ4v) is 2.96. The largest absolute Gasteiger partial charge is 0.377 e. The Labute approximate surface area is 126 Å². The van der Waals surface area contributed by atoms with Gasteiger partial charge in [0.15, 0.2) is 0 Å². The van der Waals surface area contributed by atoms with E-state index >= 15 is 0 Å². The van der Waals surface area contributed by atoms with E-state index in [1.165, 1.54) is 5.56 Å². The zero-order valence-corrected chi connectivity index (χ0v) is 12.9. The maximum absolute atomic E-state index is 11.5. The SMILES string of the molecule is COC1(C)CCCN(Cc2ccccc2CC(=O)NN)C1. The summed E-state index contributed by atoms with van der Waals surface area (Å²) in [6.45, 7) is 4.98. The van der Waals surface area contributed by atoms with Crippen molar-refractivity contribution in [2.45, 2.75) is 38.3 Å². The summed E-state index contributed by atoms with van der Waals surface area (Å²) < 4.78 is 5.64. The van der Waals surface area contributed by atoms with E-state index in [0.717, 1.165) is 38.0 Å². The summed E-state index contributed by atoms with van der Waals surface area (Å²) in [6, 6.07) is 8.04. The number of amides is 1. The highest BCUT2D eigenvalue weighted by Crippen LogP contribution is 2.25. The molecule has 0 spiro atoms. The van der Waals surface area contributed by atoms with Gasteiger partial charge in [-0.1, -0.05) is 24.3 Å². The van der Waals surface area contributed by atoms with Crippen LogP contribution in [-0.2, 0) is 22.5 Å². The average molecular weight is 291 g/mol. The standard InChI is InChI=1S/C16H25N3O2/c1-16(21-2)8-5-9-19(12-16)11-14-7-4-3-6-13(14)10-15(20)18-17/h3-4,6-7H,5,8-12,17H2,1-2H3,(H,18,20). The van der Waals surface area contributed by atoms with Crippen molar-refractivity contribution < 1.29 is 9.53 Å². The number of likely N-dealkylation sites (tertiary alicyclic amines) is 1. The predicted molar refractivity (Wildman–Crippen MR) is 82.4 cm³/mol. The summed E-state index contributed by atoms with van der Waals surface area (Å²) in [5.41, 5.74) is 4.34. The highest BCUT2D eigenvalue weighted by molar-refractivity contribution is 5.78. The van der Waals surface area contributed by atoms with Crippen molar-refractivity contribution in [2.24, 2.45) is 5.84 Å². The Morgan fingerprint density at radius 2 is 2.14 bits per heavy atom. The zero-order chi connectivity index (χ0) is 15.3. The second-order valence-electron chi connectivity index (χ2n) is 5.98. The Kier molecular flexibility index (Phi) is 5.33. The first-order chi connectivity index (χ1) is 10.1. The molecule has 116 valence electrons. The van der Waals surface area contributed by atoms with Gasteiger partial charge in [0.2, 0.25) is 5.91 Å². The number of nitrogens with zero attached hydrogens (tertiary/aromatic N) is 1. The van der Waals surface area contributed by atoms with Gasteiger partial charge >= 0.3 is 0 Å². The maximum atomic E-state index is 11.5. The molecule has 5 heteroatoms. The number of methoxy groups -OCH3 is 1. The number of benzene rings is 1. The monoisotopic (exact) mass is 291 g/mol. The molecule has 1 atom stereocenters. The van der Waals surface area contributed by atoms with E-state index in [1.807, 2.05) is 18.2 Å². The molecule has 0 aromatic heterocycles. The number of hydrazine groups is 1. The molecule has 1 aliphatic heterocycles. The van der Waals surface area contributed by atoms with Gasteiger partial charge in [-0.05, 0) is 37.4 Å². The lowest BCUT2D eigenvalue weighted by Crippen LogP contribution is -2.47. The quantitative estimate of drug-likeness (QED) is 0.486. The van der Waals surface area contributed by atoms with Gasteiger partial charge < -0.3 is 4.74 Å². The van der Waals surface area contributed by atoms with Crippen LogP contribution in [0.15, 0.2) is 24.3 Å². The molecular weight excluding hydrogens is 266 g/mol. The van der Waals surface area contributed by atoms with E-state index in [9.17, 15) is 4.79 Å². The second-order valence-corrected chi connectivity index (χ2v) is 5.98. The lowest BCUT2D eigenvalue weighted by Gasteiger charge is -2.39. The number of carbonyl (C=O) groups excluding carboxylic acids is 1. The minimum atomic E-state index is -0.164. The Bertz CT molecular complexity index is 492. The van der Waals surface area contributed by atoms with Crippen molar-refractivity contribution in [3.8, 4) is 0 Å². The van der Waals surface area contributed by atoms with E-state index in [0.29, 0.717) is 6.42 Å². The highest BCUT2D eigenvalue weighted by atomic mass is 16.5. The summed E-state index contributed by atoms with van der Waals surface area (Å²) in [4.78, 5) is 13.9. The number of nitrogens with one attached hydrogen (secondary N) is 1. The molecule has 1 aromatic rings. The molecule has 21 heavy (non-hydrogen) atoms. The zero-order valence-electron chi connectivity index (χ0n) is 12.9. The third kappa shape index (κ3) is 4.27. The van der Waals surface area contributed by atoms with Crippen LogP contribution in [0, 0.1) is 0 Å². The van der Waals surface area contributed by atoms with Gasteiger partial charge in [-0.25, -0.2) is 5.84 Å². The van der Waals surface area contributed by atoms with E-state index in [2.05, 4.69) is 23.3 Å². The minimum Gasteiger partial charge on any atom is -0.377 e. The lowest BCUT2D eigenvalue weighted by molar-refractivity contribution is -0.120. The molecule has 0 aliphatic carbocycles. The van der Waals surface area contributed by atoms with Crippen LogP contribution in [0.1, 0.15) is 30.9 Å². The van der Waals surface area contributed by atoms with Gasteiger partial charge in [-0.15, -0.1) is 0 Å². The predicted octanol–water partition coefficient (Wildman–Crippen LogP) is 1.22. The molecule has 5 nitrogen and oxygen atoms in total.